The summed E-state index contributed by atoms with van der Waals surface area (Å²) in [6.07, 6.45) is 1.42. The number of methoxy groups -OCH3 is 1. The second-order valence-electron chi connectivity index (χ2n) is 7.51. The number of anilines is 1. The topological polar surface area (TPSA) is 107 Å². The molecule has 3 aromatic rings. The summed E-state index contributed by atoms with van der Waals surface area (Å²) in [5.74, 6) is 0.711. The molecule has 3 rings (SSSR count). The highest BCUT2D eigenvalue weighted by molar-refractivity contribution is 7.92. The molecule has 0 saturated heterocycles. The van der Waals surface area contributed by atoms with E-state index in [0.717, 1.165) is 4.31 Å². The van der Waals surface area contributed by atoms with Crippen molar-refractivity contribution >= 4 is 39.4 Å². The molecule has 0 spiro atoms. The van der Waals surface area contributed by atoms with Gasteiger partial charge in [-0.05, 0) is 67.9 Å². The number of ether oxygens (including phenoxy) is 3. The fourth-order valence-electron chi connectivity index (χ4n) is 3.37. The smallest absolute Gasteiger partial charge is 0.264 e. The third-order valence-corrected chi connectivity index (χ3v) is 7.01. The number of carbonyl (C=O) groups excluding carboxylic acids is 1. The predicted molar refractivity (Wildman–Crippen MR) is 143 cm³/mol. The van der Waals surface area contributed by atoms with E-state index in [4.69, 9.17) is 25.8 Å². The number of hydrogen-bond acceptors (Lipinski definition) is 7. The standard InChI is InChI=1S/C26H28ClN3O6S/c1-4-35-24-13-11-19(15-25(24)36-5-2)17-28-29-26(31)18-30(22-16-20(27)12-14-23(22)34-3)37(32,33)21-9-7-6-8-10-21/h6-17H,4-5,18H2,1-3H3,(H,29,31)/b28-17-. The summed E-state index contributed by atoms with van der Waals surface area (Å²) < 4.78 is 44.4. The van der Waals surface area contributed by atoms with E-state index in [2.05, 4.69) is 10.5 Å². The molecule has 0 radical (unpaired) electrons. The van der Waals surface area contributed by atoms with E-state index in [0.29, 0.717) is 30.3 Å². The maximum absolute atomic E-state index is 13.5. The van der Waals surface area contributed by atoms with Gasteiger partial charge < -0.3 is 14.2 Å². The summed E-state index contributed by atoms with van der Waals surface area (Å²) in [6.45, 7) is 4.11. The number of benzene rings is 3. The second kappa shape index (κ2) is 13.0. The average molecular weight is 546 g/mol. The molecule has 3 aromatic carbocycles. The van der Waals surface area contributed by atoms with Gasteiger partial charge in [-0.15, -0.1) is 0 Å². The Kier molecular flexibility index (Phi) is 9.76. The summed E-state index contributed by atoms with van der Waals surface area (Å²) in [6, 6.07) is 17.5. The Bertz CT molecular complexity index is 1350. The van der Waals surface area contributed by atoms with Crippen LogP contribution in [0.25, 0.3) is 0 Å². The molecule has 0 aliphatic rings. The molecule has 0 atom stereocenters. The first-order valence-corrected chi connectivity index (χ1v) is 13.2. The molecule has 0 aromatic heterocycles. The molecule has 0 heterocycles. The van der Waals surface area contributed by atoms with Crippen molar-refractivity contribution in [2.45, 2.75) is 18.7 Å². The molecule has 37 heavy (non-hydrogen) atoms. The molecule has 0 unspecified atom stereocenters. The zero-order chi connectivity index (χ0) is 26.8. The number of hydrogen-bond donors (Lipinski definition) is 1. The molecule has 1 N–H and O–H groups in total. The minimum atomic E-state index is -4.15. The van der Waals surface area contributed by atoms with Crippen LogP contribution in [0.15, 0.2) is 76.7 Å². The summed E-state index contributed by atoms with van der Waals surface area (Å²) in [4.78, 5) is 12.8. The monoisotopic (exact) mass is 545 g/mol. The molecular weight excluding hydrogens is 518 g/mol. The van der Waals surface area contributed by atoms with E-state index in [9.17, 15) is 13.2 Å². The van der Waals surface area contributed by atoms with Crippen molar-refractivity contribution in [2.75, 3.05) is 31.2 Å². The Morgan fingerprint density at radius 3 is 2.32 bits per heavy atom. The number of amides is 1. The first-order chi connectivity index (χ1) is 17.8. The van der Waals surface area contributed by atoms with Gasteiger partial charge in [-0.2, -0.15) is 5.10 Å². The Hall–Kier alpha value is -3.76. The number of nitrogens with zero attached hydrogens (tertiary/aromatic N) is 2. The lowest BCUT2D eigenvalue weighted by Crippen LogP contribution is -2.39. The summed E-state index contributed by atoms with van der Waals surface area (Å²) >= 11 is 6.15. The minimum Gasteiger partial charge on any atom is -0.495 e. The van der Waals surface area contributed by atoms with E-state index < -0.39 is 22.5 Å². The molecular formula is C26H28ClN3O6S. The van der Waals surface area contributed by atoms with E-state index in [1.165, 1.54) is 37.6 Å². The number of carbonyl (C=O) groups is 1. The molecule has 0 fully saturated rings. The van der Waals surface area contributed by atoms with Crippen molar-refractivity contribution in [3.63, 3.8) is 0 Å². The van der Waals surface area contributed by atoms with E-state index >= 15 is 0 Å². The highest BCUT2D eigenvalue weighted by atomic mass is 35.5. The lowest BCUT2D eigenvalue weighted by atomic mass is 10.2. The summed E-state index contributed by atoms with van der Waals surface area (Å²) in [5.41, 5.74) is 3.14. The number of rotatable bonds is 12. The maximum Gasteiger partial charge on any atom is 0.264 e. The van der Waals surface area contributed by atoms with Crippen LogP contribution < -0.4 is 23.9 Å². The third-order valence-electron chi connectivity index (χ3n) is 5.00. The quantitative estimate of drug-likeness (QED) is 0.265. The van der Waals surface area contributed by atoms with Gasteiger partial charge in [0.1, 0.15) is 12.3 Å². The number of sulfonamides is 1. The molecule has 11 heteroatoms. The normalized spacial score (nSPS) is 11.2. The summed E-state index contributed by atoms with van der Waals surface area (Å²) in [7, 11) is -2.75. The van der Waals surface area contributed by atoms with Crippen LogP contribution in [0.5, 0.6) is 17.2 Å². The van der Waals surface area contributed by atoms with Crippen molar-refractivity contribution in [2.24, 2.45) is 5.10 Å². The van der Waals surface area contributed by atoms with Gasteiger partial charge in [0, 0.05) is 5.02 Å². The van der Waals surface area contributed by atoms with E-state index in [1.807, 2.05) is 13.8 Å². The van der Waals surface area contributed by atoms with Crippen LogP contribution in [-0.4, -0.2) is 47.4 Å². The molecule has 9 nitrogen and oxygen atoms in total. The van der Waals surface area contributed by atoms with Crippen molar-refractivity contribution in [3.8, 4) is 17.2 Å². The van der Waals surface area contributed by atoms with Crippen LogP contribution in [0.3, 0.4) is 0 Å². The van der Waals surface area contributed by atoms with Crippen LogP contribution in [0.4, 0.5) is 5.69 Å². The zero-order valence-electron chi connectivity index (χ0n) is 20.7. The molecule has 0 saturated carbocycles. The van der Waals surface area contributed by atoms with Crippen molar-refractivity contribution < 1.29 is 27.4 Å². The second-order valence-corrected chi connectivity index (χ2v) is 9.81. The van der Waals surface area contributed by atoms with Gasteiger partial charge in [-0.3, -0.25) is 9.10 Å². The van der Waals surface area contributed by atoms with Gasteiger partial charge in [-0.1, -0.05) is 29.8 Å². The van der Waals surface area contributed by atoms with Crippen molar-refractivity contribution in [1.82, 2.24) is 5.43 Å². The molecule has 0 aliphatic carbocycles. The summed E-state index contributed by atoms with van der Waals surface area (Å²) in [5, 5.41) is 4.26. The van der Waals surface area contributed by atoms with Crippen LogP contribution in [0.2, 0.25) is 5.02 Å². The first kappa shape index (κ1) is 27.8. The minimum absolute atomic E-state index is 0.00571. The molecule has 196 valence electrons. The molecule has 0 aliphatic heterocycles. The number of halogens is 1. The Morgan fingerprint density at radius 1 is 0.973 bits per heavy atom. The Balaban J connectivity index is 1.85. The SMILES string of the molecule is CCOc1ccc(/C=N\NC(=O)CN(c2cc(Cl)ccc2OC)S(=O)(=O)c2ccccc2)cc1OCC. The van der Waals surface area contributed by atoms with Gasteiger partial charge in [0.05, 0.1) is 37.1 Å². The van der Waals surface area contributed by atoms with Crippen LogP contribution in [0.1, 0.15) is 19.4 Å². The lowest BCUT2D eigenvalue weighted by molar-refractivity contribution is -0.119. The average Bonchev–Trinajstić information content (AvgIpc) is 2.89. The highest BCUT2D eigenvalue weighted by Gasteiger charge is 2.29. The predicted octanol–water partition coefficient (Wildman–Crippen LogP) is 4.49. The van der Waals surface area contributed by atoms with E-state index in [-0.39, 0.29) is 21.4 Å². The first-order valence-electron chi connectivity index (χ1n) is 11.4. The Labute approximate surface area is 221 Å². The third kappa shape index (κ3) is 7.14. The van der Waals surface area contributed by atoms with Crippen LogP contribution >= 0.6 is 11.6 Å². The van der Waals surface area contributed by atoms with Crippen molar-refractivity contribution in [3.05, 3.63) is 77.3 Å². The number of hydrazone groups is 1. The van der Waals surface area contributed by atoms with Crippen LogP contribution in [0, 0.1) is 0 Å². The molecule has 0 bridgehead atoms. The Morgan fingerprint density at radius 2 is 1.65 bits per heavy atom. The van der Waals surface area contributed by atoms with Crippen LogP contribution in [-0.2, 0) is 14.8 Å². The van der Waals surface area contributed by atoms with Gasteiger partial charge in [0.15, 0.2) is 11.5 Å². The molecule has 1 amide bonds. The van der Waals surface area contributed by atoms with Gasteiger partial charge in [0.25, 0.3) is 15.9 Å². The van der Waals surface area contributed by atoms with Gasteiger partial charge >= 0.3 is 0 Å². The van der Waals surface area contributed by atoms with Gasteiger partial charge in [-0.25, -0.2) is 13.8 Å². The van der Waals surface area contributed by atoms with Crippen molar-refractivity contribution in [1.29, 1.82) is 0 Å². The largest absolute Gasteiger partial charge is 0.495 e. The maximum atomic E-state index is 13.5. The fourth-order valence-corrected chi connectivity index (χ4v) is 4.98. The highest BCUT2D eigenvalue weighted by Crippen LogP contribution is 2.34. The zero-order valence-corrected chi connectivity index (χ0v) is 22.3. The lowest BCUT2D eigenvalue weighted by Gasteiger charge is -2.25. The number of nitrogens with one attached hydrogen (secondary N) is 1. The van der Waals surface area contributed by atoms with Gasteiger partial charge in [0.2, 0.25) is 0 Å². The fraction of sp³-hybridized carbons (Fsp3) is 0.231. The van der Waals surface area contributed by atoms with E-state index in [1.54, 1.807) is 42.5 Å².